The SMILES string of the molecule is CCNC(=O)C1CCN(C(=O)c2ccccc2NC)CC1. The lowest BCUT2D eigenvalue weighted by Gasteiger charge is -2.31. The van der Waals surface area contributed by atoms with Crippen LogP contribution in [-0.4, -0.2) is 43.4 Å². The number of likely N-dealkylation sites (tertiary alicyclic amines) is 1. The van der Waals surface area contributed by atoms with E-state index >= 15 is 0 Å². The lowest BCUT2D eigenvalue weighted by atomic mass is 9.95. The van der Waals surface area contributed by atoms with Crippen molar-refractivity contribution in [1.82, 2.24) is 10.2 Å². The maximum Gasteiger partial charge on any atom is 0.255 e. The number of benzene rings is 1. The average Bonchev–Trinajstić information content (AvgIpc) is 2.54. The molecule has 1 aliphatic rings. The molecule has 21 heavy (non-hydrogen) atoms. The standard InChI is InChI=1S/C16H23N3O2/c1-3-18-15(20)12-8-10-19(11-9-12)16(21)13-6-4-5-7-14(13)17-2/h4-7,12,17H,3,8-11H2,1-2H3,(H,18,20). The summed E-state index contributed by atoms with van der Waals surface area (Å²) >= 11 is 0. The van der Waals surface area contributed by atoms with Gasteiger partial charge in [-0.15, -0.1) is 0 Å². The third-order valence-corrected chi connectivity index (χ3v) is 3.93. The van der Waals surface area contributed by atoms with Gasteiger partial charge in [-0.25, -0.2) is 0 Å². The first kappa shape index (κ1) is 15.4. The molecular formula is C16H23N3O2. The summed E-state index contributed by atoms with van der Waals surface area (Å²) in [6.07, 6.45) is 1.47. The van der Waals surface area contributed by atoms with Crippen LogP contribution in [0.3, 0.4) is 0 Å². The van der Waals surface area contributed by atoms with Gasteiger partial charge >= 0.3 is 0 Å². The summed E-state index contributed by atoms with van der Waals surface area (Å²) in [5, 5.41) is 5.90. The maximum atomic E-state index is 12.6. The fourth-order valence-corrected chi connectivity index (χ4v) is 2.72. The lowest BCUT2D eigenvalue weighted by molar-refractivity contribution is -0.126. The first-order valence-corrected chi connectivity index (χ1v) is 7.51. The Kier molecular flexibility index (Phi) is 5.20. The molecule has 0 saturated carbocycles. The van der Waals surface area contributed by atoms with Gasteiger partial charge in [0.1, 0.15) is 0 Å². The second-order valence-corrected chi connectivity index (χ2v) is 5.26. The second-order valence-electron chi connectivity index (χ2n) is 5.26. The van der Waals surface area contributed by atoms with Crippen LogP contribution < -0.4 is 10.6 Å². The Morgan fingerprint density at radius 2 is 1.90 bits per heavy atom. The zero-order valence-electron chi connectivity index (χ0n) is 12.7. The van der Waals surface area contributed by atoms with Crippen molar-refractivity contribution in [2.24, 2.45) is 5.92 Å². The predicted octanol–water partition coefficient (Wildman–Crippen LogP) is 1.72. The van der Waals surface area contributed by atoms with Crippen molar-refractivity contribution < 1.29 is 9.59 Å². The summed E-state index contributed by atoms with van der Waals surface area (Å²) in [5.41, 5.74) is 1.53. The maximum absolute atomic E-state index is 12.6. The van der Waals surface area contributed by atoms with Crippen molar-refractivity contribution in [3.63, 3.8) is 0 Å². The zero-order valence-corrected chi connectivity index (χ0v) is 12.7. The minimum Gasteiger partial charge on any atom is -0.387 e. The van der Waals surface area contributed by atoms with Crippen molar-refractivity contribution >= 4 is 17.5 Å². The topological polar surface area (TPSA) is 61.4 Å². The van der Waals surface area contributed by atoms with Gasteiger partial charge in [-0.3, -0.25) is 9.59 Å². The Balaban J connectivity index is 1.99. The van der Waals surface area contributed by atoms with E-state index in [2.05, 4.69) is 10.6 Å². The van der Waals surface area contributed by atoms with Gasteiger partial charge in [-0.1, -0.05) is 12.1 Å². The van der Waals surface area contributed by atoms with Crippen molar-refractivity contribution in [3.8, 4) is 0 Å². The molecule has 0 aliphatic carbocycles. The molecule has 1 aromatic rings. The number of nitrogens with zero attached hydrogens (tertiary/aromatic N) is 1. The highest BCUT2D eigenvalue weighted by molar-refractivity contribution is 5.99. The van der Waals surface area contributed by atoms with Crippen LogP contribution in [0.2, 0.25) is 0 Å². The van der Waals surface area contributed by atoms with Gasteiger partial charge in [0.25, 0.3) is 5.91 Å². The van der Waals surface area contributed by atoms with Crippen LogP contribution in [0, 0.1) is 5.92 Å². The molecule has 5 heteroatoms. The van der Waals surface area contributed by atoms with E-state index in [-0.39, 0.29) is 17.7 Å². The fraction of sp³-hybridized carbons (Fsp3) is 0.500. The third-order valence-electron chi connectivity index (χ3n) is 3.93. The summed E-state index contributed by atoms with van der Waals surface area (Å²) in [6, 6.07) is 7.51. The summed E-state index contributed by atoms with van der Waals surface area (Å²) in [6.45, 7) is 3.86. The summed E-state index contributed by atoms with van der Waals surface area (Å²) < 4.78 is 0. The second kappa shape index (κ2) is 7.11. The highest BCUT2D eigenvalue weighted by Crippen LogP contribution is 2.22. The molecule has 0 unspecified atom stereocenters. The minimum absolute atomic E-state index is 0.0357. The summed E-state index contributed by atoms with van der Waals surface area (Å²) in [5.74, 6) is 0.183. The molecule has 1 fully saturated rings. The molecule has 2 amide bonds. The summed E-state index contributed by atoms with van der Waals surface area (Å²) in [7, 11) is 1.81. The van der Waals surface area contributed by atoms with E-state index in [1.54, 1.807) is 0 Å². The molecule has 1 aromatic carbocycles. The lowest BCUT2D eigenvalue weighted by Crippen LogP contribution is -2.43. The van der Waals surface area contributed by atoms with E-state index < -0.39 is 0 Å². The fourth-order valence-electron chi connectivity index (χ4n) is 2.72. The third kappa shape index (κ3) is 3.54. The number of hydrogen-bond donors (Lipinski definition) is 2. The molecule has 1 aliphatic heterocycles. The Hall–Kier alpha value is -2.04. The molecule has 0 spiro atoms. The number of piperidine rings is 1. The monoisotopic (exact) mass is 289 g/mol. The molecule has 1 saturated heterocycles. The first-order valence-electron chi connectivity index (χ1n) is 7.51. The number of para-hydroxylation sites is 1. The normalized spacial score (nSPS) is 15.6. The van der Waals surface area contributed by atoms with Gasteiger partial charge in [-0.2, -0.15) is 0 Å². The van der Waals surface area contributed by atoms with E-state index in [0.29, 0.717) is 25.2 Å². The van der Waals surface area contributed by atoms with Crippen molar-refractivity contribution in [2.75, 3.05) is 32.0 Å². The number of hydrogen-bond acceptors (Lipinski definition) is 3. The Morgan fingerprint density at radius 1 is 1.24 bits per heavy atom. The van der Waals surface area contributed by atoms with Gasteiger partial charge in [0, 0.05) is 38.3 Å². The zero-order chi connectivity index (χ0) is 15.2. The molecule has 0 atom stereocenters. The molecule has 0 radical (unpaired) electrons. The van der Waals surface area contributed by atoms with Crippen LogP contribution in [-0.2, 0) is 4.79 Å². The van der Waals surface area contributed by atoms with Gasteiger partial charge < -0.3 is 15.5 Å². The predicted molar refractivity (Wildman–Crippen MR) is 83.3 cm³/mol. The van der Waals surface area contributed by atoms with Crippen LogP contribution in [0.4, 0.5) is 5.69 Å². The smallest absolute Gasteiger partial charge is 0.255 e. The number of carbonyl (C=O) groups is 2. The molecule has 1 heterocycles. The van der Waals surface area contributed by atoms with E-state index in [9.17, 15) is 9.59 Å². The number of carbonyl (C=O) groups excluding carboxylic acids is 2. The van der Waals surface area contributed by atoms with Crippen LogP contribution in [0.25, 0.3) is 0 Å². The Labute approximate surface area is 125 Å². The highest BCUT2D eigenvalue weighted by atomic mass is 16.2. The molecule has 2 rings (SSSR count). The molecular weight excluding hydrogens is 266 g/mol. The quantitative estimate of drug-likeness (QED) is 0.887. The highest BCUT2D eigenvalue weighted by Gasteiger charge is 2.28. The molecule has 0 bridgehead atoms. The van der Waals surface area contributed by atoms with Crippen LogP contribution in [0.15, 0.2) is 24.3 Å². The van der Waals surface area contributed by atoms with Gasteiger partial charge in [0.15, 0.2) is 0 Å². The number of amides is 2. The van der Waals surface area contributed by atoms with Crippen LogP contribution >= 0.6 is 0 Å². The van der Waals surface area contributed by atoms with Crippen LogP contribution in [0.1, 0.15) is 30.1 Å². The van der Waals surface area contributed by atoms with Gasteiger partial charge in [0.2, 0.25) is 5.91 Å². The van der Waals surface area contributed by atoms with Gasteiger partial charge in [-0.05, 0) is 31.9 Å². The minimum atomic E-state index is 0.0357. The van der Waals surface area contributed by atoms with Crippen LogP contribution in [0.5, 0.6) is 0 Å². The average molecular weight is 289 g/mol. The molecule has 5 nitrogen and oxygen atoms in total. The van der Waals surface area contributed by atoms with Crippen molar-refractivity contribution in [1.29, 1.82) is 0 Å². The van der Waals surface area contributed by atoms with E-state index in [4.69, 9.17) is 0 Å². The molecule has 0 aromatic heterocycles. The van der Waals surface area contributed by atoms with Crippen molar-refractivity contribution in [2.45, 2.75) is 19.8 Å². The first-order chi connectivity index (χ1) is 10.2. The molecule has 114 valence electrons. The Morgan fingerprint density at radius 3 is 2.52 bits per heavy atom. The number of anilines is 1. The van der Waals surface area contributed by atoms with E-state index in [0.717, 1.165) is 18.5 Å². The van der Waals surface area contributed by atoms with Crippen molar-refractivity contribution in [3.05, 3.63) is 29.8 Å². The Bertz CT molecular complexity index is 508. The summed E-state index contributed by atoms with van der Waals surface area (Å²) in [4.78, 5) is 26.2. The largest absolute Gasteiger partial charge is 0.387 e. The number of rotatable bonds is 4. The van der Waals surface area contributed by atoms with E-state index in [1.165, 1.54) is 0 Å². The number of nitrogens with one attached hydrogen (secondary N) is 2. The van der Waals surface area contributed by atoms with Gasteiger partial charge in [0.05, 0.1) is 5.56 Å². The van der Waals surface area contributed by atoms with E-state index in [1.807, 2.05) is 43.1 Å². The molecule has 2 N–H and O–H groups in total.